The number of thiophene rings is 1. The van der Waals surface area contributed by atoms with Crippen LogP contribution in [0.3, 0.4) is 0 Å². The van der Waals surface area contributed by atoms with Crippen LogP contribution in [0.2, 0.25) is 4.34 Å². The van der Waals surface area contributed by atoms with Crippen LogP contribution in [0, 0.1) is 0 Å². The molecule has 2 rings (SSSR count). The van der Waals surface area contributed by atoms with Crippen molar-refractivity contribution in [2.45, 2.75) is 6.17 Å². The topological polar surface area (TPSA) is 27.3 Å². The van der Waals surface area contributed by atoms with Gasteiger partial charge in [-0.3, -0.25) is 4.90 Å². The van der Waals surface area contributed by atoms with Gasteiger partial charge in [0.05, 0.1) is 10.5 Å². The van der Waals surface area contributed by atoms with Crippen LogP contribution < -0.4 is 10.6 Å². The summed E-state index contributed by atoms with van der Waals surface area (Å²) >= 11 is 7.62. The fourth-order valence-corrected chi connectivity index (χ4v) is 3.13. The molecule has 0 aliphatic carbocycles. The van der Waals surface area contributed by atoms with Gasteiger partial charge < -0.3 is 10.6 Å². The molecule has 1 aromatic heterocycles. The summed E-state index contributed by atoms with van der Waals surface area (Å²) in [4.78, 5) is 3.74. The molecule has 0 spiro atoms. The molecule has 84 valence electrons. The molecule has 3 nitrogen and oxygen atoms in total. The van der Waals surface area contributed by atoms with E-state index >= 15 is 0 Å². The molecule has 2 N–H and O–H groups in total. The lowest BCUT2D eigenvalue weighted by molar-refractivity contribution is 0.155. The van der Waals surface area contributed by atoms with Crippen molar-refractivity contribution in [2.75, 3.05) is 33.2 Å². The molecule has 0 saturated carbocycles. The number of nitrogens with one attached hydrogen (secondary N) is 2. The molecule has 0 aromatic carbocycles. The van der Waals surface area contributed by atoms with Gasteiger partial charge in [-0.1, -0.05) is 11.6 Å². The summed E-state index contributed by atoms with van der Waals surface area (Å²) in [5.74, 6) is 0. The van der Waals surface area contributed by atoms with Crippen molar-refractivity contribution in [3.8, 4) is 0 Å². The van der Waals surface area contributed by atoms with Gasteiger partial charge in [-0.15, -0.1) is 11.3 Å². The Morgan fingerprint density at radius 1 is 1.47 bits per heavy atom. The van der Waals surface area contributed by atoms with Crippen LogP contribution in [0.5, 0.6) is 0 Å². The second kappa shape index (κ2) is 5.27. The minimum atomic E-state index is 0.310. The summed E-state index contributed by atoms with van der Waals surface area (Å²) in [5, 5.41) is 6.71. The van der Waals surface area contributed by atoms with Crippen LogP contribution in [0.1, 0.15) is 11.0 Å². The first kappa shape index (κ1) is 11.4. The summed E-state index contributed by atoms with van der Waals surface area (Å²) in [6.45, 7) is 4.30. The fourth-order valence-electron chi connectivity index (χ4n) is 1.92. The lowest BCUT2D eigenvalue weighted by Crippen LogP contribution is -2.48. The average Bonchev–Trinajstić information content (AvgIpc) is 2.68. The maximum Gasteiger partial charge on any atom is 0.0954 e. The first-order valence-electron chi connectivity index (χ1n) is 5.18. The first-order chi connectivity index (χ1) is 7.31. The Balaban J connectivity index is 2.08. The number of piperazine rings is 1. The number of halogens is 1. The van der Waals surface area contributed by atoms with E-state index in [1.807, 2.05) is 13.1 Å². The lowest BCUT2D eigenvalue weighted by atomic mass is 10.3. The molecule has 1 fully saturated rings. The van der Waals surface area contributed by atoms with E-state index in [1.54, 1.807) is 11.3 Å². The molecule has 1 saturated heterocycles. The van der Waals surface area contributed by atoms with E-state index < -0.39 is 0 Å². The van der Waals surface area contributed by atoms with Gasteiger partial charge in [0.2, 0.25) is 0 Å². The van der Waals surface area contributed by atoms with Crippen LogP contribution in [0.4, 0.5) is 0 Å². The molecule has 2 heterocycles. The van der Waals surface area contributed by atoms with Crippen molar-refractivity contribution in [1.29, 1.82) is 0 Å². The van der Waals surface area contributed by atoms with Crippen molar-refractivity contribution < 1.29 is 0 Å². The third-order valence-corrected chi connectivity index (χ3v) is 3.94. The molecular formula is C10H16ClN3S. The quantitative estimate of drug-likeness (QED) is 0.846. The van der Waals surface area contributed by atoms with E-state index in [2.05, 4.69) is 21.6 Å². The highest BCUT2D eigenvalue weighted by molar-refractivity contribution is 7.16. The number of hydrogen-bond donors (Lipinski definition) is 2. The van der Waals surface area contributed by atoms with E-state index in [9.17, 15) is 0 Å². The largest absolute Gasteiger partial charge is 0.314 e. The Labute approximate surface area is 99.4 Å². The normalized spacial score (nSPS) is 20.4. The van der Waals surface area contributed by atoms with Crippen molar-refractivity contribution in [3.63, 3.8) is 0 Å². The van der Waals surface area contributed by atoms with Gasteiger partial charge in [0.25, 0.3) is 0 Å². The van der Waals surface area contributed by atoms with Gasteiger partial charge in [-0.25, -0.2) is 0 Å². The zero-order valence-electron chi connectivity index (χ0n) is 8.79. The maximum atomic E-state index is 5.96. The summed E-state index contributed by atoms with van der Waals surface area (Å²) in [6.07, 6.45) is 0.310. The highest BCUT2D eigenvalue weighted by atomic mass is 35.5. The first-order valence-corrected chi connectivity index (χ1v) is 6.38. The smallest absolute Gasteiger partial charge is 0.0954 e. The van der Waals surface area contributed by atoms with E-state index in [4.69, 9.17) is 11.6 Å². The zero-order valence-corrected chi connectivity index (χ0v) is 10.4. The van der Waals surface area contributed by atoms with Gasteiger partial charge in [0, 0.05) is 31.1 Å². The van der Waals surface area contributed by atoms with Gasteiger partial charge >= 0.3 is 0 Å². The number of rotatable bonds is 3. The SMILES string of the molecule is CNC(c1ccc(Cl)s1)N1CCNCC1. The number of nitrogens with zero attached hydrogens (tertiary/aromatic N) is 1. The van der Waals surface area contributed by atoms with Gasteiger partial charge in [-0.2, -0.15) is 0 Å². The maximum absolute atomic E-state index is 5.96. The van der Waals surface area contributed by atoms with E-state index in [-0.39, 0.29) is 0 Å². The average molecular weight is 246 g/mol. The van der Waals surface area contributed by atoms with Gasteiger partial charge in [0.15, 0.2) is 0 Å². The summed E-state index contributed by atoms with van der Waals surface area (Å²) in [6, 6.07) is 4.07. The lowest BCUT2D eigenvalue weighted by Gasteiger charge is -2.34. The van der Waals surface area contributed by atoms with E-state index in [1.165, 1.54) is 4.88 Å². The summed E-state index contributed by atoms with van der Waals surface area (Å²) < 4.78 is 0.861. The van der Waals surface area contributed by atoms with Crippen molar-refractivity contribution in [2.24, 2.45) is 0 Å². The van der Waals surface area contributed by atoms with Crippen LogP contribution in [-0.2, 0) is 0 Å². The van der Waals surface area contributed by atoms with Crippen molar-refractivity contribution in [1.82, 2.24) is 15.5 Å². The monoisotopic (exact) mass is 245 g/mol. The molecule has 15 heavy (non-hydrogen) atoms. The van der Waals surface area contributed by atoms with E-state index in [0.717, 1.165) is 30.5 Å². The molecule has 1 aromatic rings. The Morgan fingerprint density at radius 2 is 2.20 bits per heavy atom. The number of hydrogen-bond acceptors (Lipinski definition) is 4. The molecule has 0 amide bonds. The minimum absolute atomic E-state index is 0.310. The summed E-state index contributed by atoms with van der Waals surface area (Å²) in [5.41, 5.74) is 0. The fraction of sp³-hybridized carbons (Fsp3) is 0.600. The molecule has 1 aliphatic heterocycles. The Hall–Kier alpha value is -0.130. The van der Waals surface area contributed by atoms with Crippen LogP contribution in [0.25, 0.3) is 0 Å². The Kier molecular flexibility index (Phi) is 3.99. The Bertz CT molecular complexity index is 309. The standard InChI is InChI=1S/C10H16ClN3S/c1-12-10(8-2-3-9(11)15-8)14-6-4-13-5-7-14/h2-3,10,12-13H,4-7H2,1H3. The van der Waals surface area contributed by atoms with E-state index in [0.29, 0.717) is 6.17 Å². The third-order valence-electron chi connectivity index (χ3n) is 2.65. The van der Waals surface area contributed by atoms with Gasteiger partial charge in [0.1, 0.15) is 0 Å². The van der Waals surface area contributed by atoms with Gasteiger partial charge in [-0.05, 0) is 19.2 Å². The van der Waals surface area contributed by atoms with Crippen LogP contribution >= 0.6 is 22.9 Å². The van der Waals surface area contributed by atoms with Crippen molar-refractivity contribution >= 4 is 22.9 Å². The highest BCUT2D eigenvalue weighted by Crippen LogP contribution is 2.28. The molecule has 1 aliphatic rings. The Morgan fingerprint density at radius 3 is 2.73 bits per heavy atom. The van der Waals surface area contributed by atoms with Crippen LogP contribution in [0.15, 0.2) is 12.1 Å². The molecule has 1 atom stereocenters. The second-order valence-corrected chi connectivity index (χ2v) is 5.37. The second-order valence-electron chi connectivity index (χ2n) is 3.62. The molecule has 1 unspecified atom stereocenters. The highest BCUT2D eigenvalue weighted by Gasteiger charge is 2.21. The van der Waals surface area contributed by atoms with Crippen molar-refractivity contribution in [3.05, 3.63) is 21.3 Å². The molecule has 5 heteroatoms. The predicted molar refractivity (Wildman–Crippen MR) is 65.6 cm³/mol. The molecule has 0 radical (unpaired) electrons. The summed E-state index contributed by atoms with van der Waals surface area (Å²) in [7, 11) is 2.00. The molecular weight excluding hydrogens is 230 g/mol. The minimum Gasteiger partial charge on any atom is -0.314 e. The molecule has 0 bridgehead atoms. The zero-order chi connectivity index (χ0) is 10.7. The van der Waals surface area contributed by atoms with Crippen LogP contribution in [-0.4, -0.2) is 38.1 Å². The predicted octanol–water partition coefficient (Wildman–Crippen LogP) is 1.52. The third kappa shape index (κ3) is 2.71.